The number of carbonyl (C=O) groups is 2. The molecule has 6 nitrogen and oxygen atoms in total. The highest BCUT2D eigenvalue weighted by atomic mass is 16.5. The number of ether oxygens (including phenoxy) is 1. The molecule has 90 valence electrons. The third-order valence-electron chi connectivity index (χ3n) is 2.76. The maximum Gasteiger partial charge on any atom is 0.411 e. The van der Waals surface area contributed by atoms with E-state index in [0.717, 1.165) is 10.5 Å². The van der Waals surface area contributed by atoms with Crippen molar-refractivity contribution in [1.82, 2.24) is 0 Å². The fourth-order valence-electron chi connectivity index (χ4n) is 1.97. The third kappa shape index (κ3) is 1.77. The fourth-order valence-corrected chi connectivity index (χ4v) is 1.97. The first-order valence-electron chi connectivity index (χ1n) is 4.99. The summed E-state index contributed by atoms with van der Waals surface area (Å²) in [5.74, 6) is -0.688. The Bertz CT molecular complexity index is 497. The standard InChI is InChI=1S/C11H11NO5/c1-17-9-5-6(10(13)14)4-8-7(9)2-3-12(8)11(15)16/h4-5H,2-3H2,1H3,(H,13,14)(H,15,16). The van der Waals surface area contributed by atoms with Crippen LogP contribution >= 0.6 is 0 Å². The van der Waals surface area contributed by atoms with E-state index in [2.05, 4.69) is 0 Å². The van der Waals surface area contributed by atoms with E-state index in [1.54, 1.807) is 0 Å². The van der Waals surface area contributed by atoms with Crippen LogP contribution in [0.5, 0.6) is 5.75 Å². The zero-order chi connectivity index (χ0) is 12.6. The van der Waals surface area contributed by atoms with Crippen molar-refractivity contribution in [3.63, 3.8) is 0 Å². The lowest BCUT2D eigenvalue weighted by Crippen LogP contribution is -2.26. The Morgan fingerprint density at radius 2 is 2.06 bits per heavy atom. The molecule has 17 heavy (non-hydrogen) atoms. The first-order chi connectivity index (χ1) is 8.04. The Morgan fingerprint density at radius 3 is 2.59 bits per heavy atom. The number of carboxylic acids is 1. The van der Waals surface area contributed by atoms with Crippen molar-refractivity contribution in [2.24, 2.45) is 0 Å². The van der Waals surface area contributed by atoms with Gasteiger partial charge < -0.3 is 14.9 Å². The monoisotopic (exact) mass is 237 g/mol. The Labute approximate surface area is 97.0 Å². The minimum absolute atomic E-state index is 0.0220. The molecule has 0 fully saturated rings. The molecule has 0 saturated carbocycles. The third-order valence-corrected chi connectivity index (χ3v) is 2.76. The molecule has 0 spiro atoms. The predicted molar refractivity (Wildman–Crippen MR) is 59.0 cm³/mol. The van der Waals surface area contributed by atoms with Crippen LogP contribution < -0.4 is 9.64 Å². The van der Waals surface area contributed by atoms with E-state index in [1.807, 2.05) is 0 Å². The number of fused-ring (bicyclic) bond motifs is 1. The second kappa shape index (κ2) is 3.97. The molecule has 0 radical (unpaired) electrons. The molecule has 2 N–H and O–H groups in total. The van der Waals surface area contributed by atoms with Crippen molar-refractivity contribution in [1.29, 1.82) is 0 Å². The molecular weight excluding hydrogens is 226 g/mol. The molecule has 0 unspecified atom stereocenters. The number of hydrogen-bond donors (Lipinski definition) is 2. The summed E-state index contributed by atoms with van der Waals surface area (Å²) < 4.78 is 5.09. The molecule has 0 aliphatic carbocycles. The number of methoxy groups -OCH3 is 1. The molecule has 0 atom stereocenters. The van der Waals surface area contributed by atoms with Crippen LogP contribution in [-0.2, 0) is 6.42 Å². The lowest BCUT2D eigenvalue weighted by atomic mass is 10.1. The molecule has 1 heterocycles. The molecule has 6 heteroatoms. The first kappa shape index (κ1) is 11.3. The highest BCUT2D eigenvalue weighted by molar-refractivity contribution is 5.95. The highest BCUT2D eigenvalue weighted by Crippen LogP contribution is 2.36. The van der Waals surface area contributed by atoms with E-state index in [-0.39, 0.29) is 5.56 Å². The number of aromatic carboxylic acids is 1. The van der Waals surface area contributed by atoms with Crippen molar-refractivity contribution in [2.45, 2.75) is 6.42 Å². The largest absolute Gasteiger partial charge is 0.496 e. The van der Waals surface area contributed by atoms with Gasteiger partial charge in [-0.15, -0.1) is 0 Å². The number of amides is 1. The van der Waals surface area contributed by atoms with Crippen LogP contribution in [0.4, 0.5) is 10.5 Å². The van der Waals surface area contributed by atoms with Gasteiger partial charge in [-0.25, -0.2) is 9.59 Å². The predicted octanol–water partition coefficient (Wildman–Crippen LogP) is 1.43. The average molecular weight is 237 g/mol. The van der Waals surface area contributed by atoms with E-state index >= 15 is 0 Å². The smallest absolute Gasteiger partial charge is 0.411 e. The summed E-state index contributed by atoms with van der Waals surface area (Å²) in [4.78, 5) is 23.0. The quantitative estimate of drug-likeness (QED) is 0.812. The van der Waals surface area contributed by atoms with Gasteiger partial charge in [-0.3, -0.25) is 4.90 Å². The highest BCUT2D eigenvalue weighted by Gasteiger charge is 2.28. The second-order valence-corrected chi connectivity index (χ2v) is 3.67. The number of hydrogen-bond acceptors (Lipinski definition) is 3. The summed E-state index contributed by atoms with van der Waals surface area (Å²) >= 11 is 0. The molecule has 0 aromatic heterocycles. The zero-order valence-electron chi connectivity index (χ0n) is 9.14. The second-order valence-electron chi connectivity index (χ2n) is 3.67. The summed E-state index contributed by atoms with van der Waals surface area (Å²) in [6, 6.07) is 2.77. The van der Waals surface area contributed by atoms with Gasteiger partial charge in [-0.05, 0) is 18.6 Å². The Morgan fingerprint density at radius 1 is 1.35 bits per heavy atom. The molecule has 1 aromatic rings. The van der Waals surface area contributed by atoms with Gasteiger partial charge in [0.15, 0.2) is 0 Å². The van der Waals surface area contributed by atoms with Crippen LogP contribution in [0.3, 0.4) is 0 Å². The van der Waals surface area contributed by atoms with Gasteiger partial charge in [0.05, 0.1) is 18.4 Å². The molecule has 1 aliphatic heterocycles. The molecule has 1 aliphatic rings. The number of rotatable bonds is 2. The van der Waals surface area contributed by atoms with Crippen LogP contribution in [-0.4, -0.2) is 35.9 Å². The van der Waals surface area contributed by atoms with E-state index in [0.29, 0.717) is 24.4 Å². The minimum atomic E-state index is -1.11. The molecular formula is C11H11NO5. The summed E-state index contributed by atoms with van der Waals surface area (Å²) in [5.41, 5.74) is 1.16. The van der Waals surface area contributed by atoms with Crippen molar-refractivity contribution in [3.05, 3.63) is 23.3 Å². The van der Waals surface area contributed by atoms with Gasteiger partial charge >= 0.3 is 12.1 Å². The molecule has 1 aromatic carbocycles. The average Bonchev–Trinajstić information content (AvgIpc) is 2.70. The maximum absolute atomic E-state index is 11.0. The van der Waals surface area contributed by atoms with Crippen LogP contribution in [0.15, 0.2) is 12.1 Å². The number of anilines is 1. The first-order valence-corrected chi connectivity index (χ1v) is 4.99. The lowest BCUT2D eigenvalue weighted by Gasteiger charge is -2.14. The number of carboxylic acid groups (broad SMARTS) is 2. The minimum Gasteiger partial charge on any atom is -0.496 e. The van der Waals surface area contributed by atoms with Crippen LogP contribution in [0.25, 0.3) is 0 Å². The maximum atomic E-state index is 11.0. The summed E-state index contributed by atoms with van der Waals surface area (Å²) in [6.45, 7) is 0.324. The SMILES string of the molecule is COc1cc(C(=O)O)cc2c1CCN2C(=O)O. The van der Waals surface area contributed by atoms with E-state index in [4.69, 9.17) is 14.9 Å². The van der Waals surface area contributed by atoms with Crippen molar-refractivity contribution in [2.75, 3.05) is 18.6 Å². The zero-order valence-corrected chi connectivity index (χ0v) is 9.14. The summed E-state index contributed by atoms with van der Waals surface area (Å²) in [6.07, 6.45) is -0.557. The Balaban J connectivity index is 2.58. The summed E-state index contributed by atoms with van der Waals surface area (Å²) in [7, 11) is 1.44. The fraction of sp³-hybridized carbons (Fsp3) is 0.273. The molecule has 2 rings (SSSR count). The van der Waals surface area contributed by atoms with Crippen molar-refractivity contribution >= 4 is 17.7 Å². The van der Waals surface area contributed by atoms with Gasteiger partial charge in [0, 0.05) is 12.1 Å². The van der Waals surface area contributed by atoms with Crippen molar-refractivity contribution < 1.29 is 24.5 Å². The van der Waals surface area contributed by atoms with E-state index < -0.39 is 12.1 Å². The Hall–Kier alpha value is -2.24. The lowest BCUT2D eigenvalue weighted by molar-refractivity contribution is 0.0696. The van der Waals surface area contributed by atoms with Crippen molar-refractivity contribution in [3.8, 4) is 5.75 Å². The topological polar surface area (TPSA) is 87.1 Å². The van der Waals surface area contributed by atoms with Gasteiger partial charge in [0.1, 0.15) is 5.75 Å². The van der Waals surface area contributed by atoms with E-state index in [9.17, 15) is 9.59 Å². The van der Waals surface area contributed by atoms with Gasteiger partial charge in [0.2, 0.25) is 0 Å². The normalized spacial score (nSPS) is 13.4. The number of benzene rings is 1. The Kier molecular flexibility index (Phi) is 2.63. The summed E-state index contributed by atoms with van der Waals surface area (Å²) in [5, 5.41) is 17.9. The van der Waals surface area contributed by atoms with Gasteiger partial charge in [0.25, 0.3) is 0 Å². The van der Waals surface area contributed by atoms with Crippen LogP contribution in [0.1, 0.15) is 15.9 Å². The van der Waals surface area contributed by atoms with Gasteiger partial charge in [-0.1, -0.05) is 0 Å². The molecule has 0 saturated heterocycles. The number of nitrogens with zero attached hydrogens (tertiary/aromatic N) is 1. The molecule has 1 amide bonds. The van der Waals surface area contributed by atoms with Crippen LogP contribution in [0, 0.1) is 0 Å². The van der Waals surface area contributed by atoms with Crippen LogP contribution in [0.2, 0.25) is 0 Å². The molecule has 0 bridgehead atoms. The van der Waals surface area contributed by atoms with Gasteiger partial charge in [-0.2, -0.15) is 0 Å². The van der Waals surface area contributed by atoms with E-state index in [1.165, 1.54) is 19.2 Å².